The van der Waals surface area contributed by atoms with Gasteiger partial charge in [0.15, 0.2) is 5.54 Å². The van der Waals surface area contributed by atoms with Crippen LogP contribution in [-0.2, 0) is 9.53 Å². The number of nitrogens with one attached hydrogen (secondary N) is 1. The van der Waals surface area contributed by atoms with Gasteiger partial charge in [0.2, 0.25) is 0 Å². The van der Waals surface area contributed by atoms with Crippen LogP contribution in [0, 0.1) is 13.8 Å². The Hall–Kier alpha value is -1.47. The van der Waals surface area contributed by atoms with Gasteiger partial charge in [-0.15, -0.1) is 11.3 Å². The van der Waals surface area contributed by atoms with E-state index in [1.807, 2.05) is 0 Å². The first-order valence-corrected chi connectivity index (χ1v) is 6.10. The number of aliphatic carboxylic acids is 1. The molecule has 1 rings (SSSR count). The molecule has 1 aromatic rings. The van der Waals surface area contributed by atoms with Crippen LogP contribution < -0.4 is 5.32 Å². The molecule has 1 amide bonds. The van der Waals surface area contributed by atoms with Gasteiger partial charge in [-0.2, -0.15) is 0 Å². The lowest BCUT2D eigenvalue weighted by atomic mass is 10.0. The summed E-state index contributed by atoms with van der Waals surface area (Å²) in [6, 6.07) is 0. The van der Waals surface area contributed by atoms with Gasteiger partial charge in [-0.25, -0.2) is 9.78 Å². The summed E-state index contributed by atoms with van der Waals surface area (Å²) in [5, 5.41) is 12.4. The molecule has 18 heavy (non-hydrogen) atoms. The molecule has 1 atom stereocenters. The largest absolute Gasteiger partial charge is 0.479 e. The molecule has 0 saturated carbocycles. The molecule has 0 aliphatic rings. The highest BCUT2D eigenvalue weighted by Crippen LogP contribution is 2.18. The van der Waals surface area contributed by atoms with Crippen LogP contribution in [0.3, 0.4) is 0 Å². The Bertz CT molecular complexity index is 472. The molecule has 0 radical (unpaired) electrons. The summed E-state index contributed by atoms with van der Waals surface area (Å²) in [5.74, 6) is -1.59. The van der Waals surface area contributed by atoms with E-state index in [1.165, 1.54) is 25.4 Å². The first-order valence-electron chi connectivity index (χ1n) is 5.29. The lowest BCUT2D eigenvalue weighted by Gasteiger charge is -2.24. The van der Waals surface area contributed by atoms with Gasteiger partial charge in [0.25, 0.3) is 5.91 Å². The van der Waals surface area contributed by atoms with E-state index in [0.717, 1.165) is 5.01 Å². The number of ether oxygens (including phenoxy) is 1. The van der Waals surface area contributed by atoms with Crippen LogP contribution >= 0.6 is 11.3 Å². The van der Waals surface area contributed by atoms with Crippen LogP contribution in [0.15, 0.2) is 0 Å². The molecule has 1 heterocycles. The van der Waals surface area contributed by atoms with Crippen LogP contribution in [0.1, 0.15) is 27.3 Å². The molecule has 7 heteroatoms. The van der Waals surface area contributed by atoms with Gasteiger partial charge in [-0.1, -0.05) is 0 Å². The zero-order chi connectivity index (χ0) is 13.9. The molecule has 2 N–H and O–H groups in total. The minimum Gasteiger partial charge on any atom is -0.479 e. The highest BCUT2D eigenvalue weighted by Gasteiger charge is 2.36. The Labute approximate surface area is 109 Å². The standard InChI is InChI=1S/C11H16N2O4S/c1-6-8(18-7(2)12-6)9(14)13-11(3,5-17-4)10(15)16/h5H2,1-4H3,(H,13,14)(H,15,16). The number of carboxylic acids is 1. The molecule has 100 valence electrons. The van der Waals surface area contributed by atoms with Crippen molar-refractivity contribution in [1.82, 2.24) is 10.3 Å². The van der Waals surface area contributed by atoms with E-state index in [-0.39, 0.29) is 6.61 Å². The molecule has 0 aliphatic carbocycles. The van der Waals surface area contributed by atoms with Crippen molar-refractivity contribution in [1.29, 1.82) is 0 Å². The highest BCUT2D eigenvalue weighted by atomic mass is 32.1. The Morgan fingerprint density at radius 1 is 1.50 bits per heavy atom. The first kappa shape index (κ1) is 14.6. The number of thiazole rings is 1. The van der Waals surface area contributed by atoms with Crippen LogP contribution in [0.4, 0.5) is 0 Å². The number of amides is 1. The van der Waals surface area contributed by atoms with E-state index in [2.05, 4.69) is 10.3 Å². The Morgan fingerprint density at radius 3 is 2.50 bits per heavy atom. The van der Waals surface area contributed by atoms with Gasteiger partial charge in [0.05, 0.1) is 17.3 Å². The third-order valence-corrected chi connectivity index (χ3v) is 3.48. The second-order valence-electron chi connectivity index (χ2n) is 4.17. The van der Waals surface area contributed by atoms with Crippen molar-refractivity contribution in [2.45, 2.75) is 26.3 Å². The van der Waals surface area contributed by atoms with Gasteiger partial charge < -0.3 is 15.2 Å². The number of aromatic nitrogens is 1. The number of carboxylic acid groups (broad SMARTS) is 1. The fourth-order valence-electron chi connectivity index (χ4n) is 1.49. The molecular weight excluding hydrogens is 256 g/mol. The number of nitrogens with zero attached hydrogens (tertiary/aromatic N) is 1. The molecule has 1 aromatic heterocycles. The van der Waals surface area contributed by atoms with Crippen LogP contribution in [0.2, 0.25) is 0 Å². The van der Waals surface area contributed by atoms with Gasteiger partial charge in [-0.05, 0) is 20.8 Å². The molecule has 0 aliphatic heterocycles. The highest BCUT2D eigenvalue weighted by molar-refractivity contribution is 7.13. The molecule has 0 spiro atoms. The van der Waals surface area contributed by atoms with E-state index < -0.39 is 17.4 Å². The Morgan fingerprint density at radius 2 is 2.11 bits per heavy atom. The summed E-state index contributed by atoms with van der Waals surface area (Å²) in [5.41, 5.74) is -0.851. The smallest absolute Gasteiger partial charge is 0.331 e. The lowest BCUT2D eigenvalue weighted by molar-refractivity contribution is -0.145. The van der Waals surface area contributed by atoms with Gasteiger partial charge >= 0.3 is 5.97 Å². The van der Waals surface area contributed by atoms with Crippen molar-refractivity contribution < 1.29 is 19.4 Å². The topological polar surface area (TPSA) is 88.5 Å². The van der Waals surface area contributed by atoms with Gasteiger partial charge in [0.1, 0.15) is 4.88 Å². The SMILES string of the molecule is COCC(C)(NC(=O)c1sc(C)nc1C)C(=O)O. The van der Waals surface area contributed by atoms with Crippen molar-refractivity contribution in [3.63, 3.8) is 0 Å². The van der Waals surface area contributed by atoms with E-state index in [0.29, 0.717) is 10.6 Å². The number of rotatable bonds is 5. The molecule has 1 unspecified atom stereocenters. The second-order valence-corrected chi connectivity index (χ2v) is 5.38. The Balaban J connectivity index is 2.92. The fraction of sp³-hybridized carbons (Fsp3) is 0.545. The average molecular weight is 272 g/mol. The molecule has 0 saturated heterocycles. The number of aryl methyl sites for hydroxylation is 2. The van der Waals surface area contributed by atoms with E-state index in [4.69, 9.17) is 9.84 Å². The summed E-state index contributed by atoms with van der Waals surface area (Å²) >= 11 is 1.24. The number of carbonyl (C=O) groups is 2. The molecule has 0 fully saturated rings. The van der Waals surface area contributed by atoms with E-state index in [1.54, 1.807) is 13.8 Å². The van der Waals surface area contributed by atoms with E-state index >= 15 is 0 Å². The quantitative estimate of drug-likeness (QED) is 0.834. The zero-order valence-electron chi connectivity index (χ0n) is 10.7. The number of hydrogen-bond acceptors (Lipinski definition) is 5. The average Bonchev–Trinajstić information content (AvgIpc) is 2.57. The molecule has 0 aromatic carbocycles. The van der Waals surface area contributed by atoms with Crippen LogP contribution in [0.25, 0.3) is 0 Å². The lowest BCUT2D eigenvalue weighted by Crippen LogP contribution is -2.55. The monoisotopic (exact) mass is 272 g/mol. The second kappa shape index (κ2) is 5.45. The predicted octanol–water partition coefficient (Wildman–Crippen LogP) is 0.979. The van der Waals surface area contributed by atoms with Crippen molar-refractivity contribution >= 4 is 23.2 Å². The summed E-state index contributed by atoms with van der Waals surface area (Å²) < 4.78 is 4.83. The normalized spacial score (nSPS) is 14.0. The number of carbonyl (C=O) groups excluding carboxylic acids is 1. The molecular formula is C11H16N2O4S. The van der Waals surface area contributed by atoms with Crippen LogP contribution in [0.5, 0.6) is 0 Å². The summed E-state index contributed by atoms with van der Waals surface area (Å²) in [6.07, 6.45) is 0. The maximum absolute atomic E-state index is 12.0. The number of methoxy groups -OCH3 is 1. The van der Waals surface area contributed by atoms with Crippen molar-refractivity contribution in [2.24, 2.45) is 0 Å². The Kier molecular flexibility index (Phi) is 4.42. The zero-order valence-corrected chi connectivity index (χ0v) is 11.6. The van der Waals surface area contributed by atoms with E-state index in [9.17, 15) is 9.59 Å². The van der Waals surface area contributed by atoms with Gasteiger partial charge in [-0.3, -0.25) is 4.79 Å². The molecule has 0 bridgehead atoms. The summed E-state index contributed by atoms with van der Waals surface area (Å²) in [7, 11) is 1.38. The number of hydrogen-bond donors (Lipinski definition) is 2. The maximum atomic E-state index is 12.0. The minimum absolute atomic E-state index is 0.106. The third-order valence-electron chi connectivity index (χ3n) is 2.40. The minimum atomic E-state index is -1.45. The first-order chi connectivity index (χ1) is 8.30. The third kappa shape index (κ3) is 3.05. The summed E-state index contributed by atoms with van der Waals surface area (Å²) in [4.78, 5) is 27.7. The van der Waals surface area contributed by atoms with Crippen LogP contribution in [-0.4, -0.2) is 41.2 Å². The van der Waals surface area contributed by atoms with Gasteiger partial charge in [0, 0.05) is 7.11 Å². The van der Waals surface area contributed by atoms with Crippen molar-refractivity contribution in [3.05, 3.63) is 15.6 Å². The van der Waals surface area contributed by atoms with Crippen molar-refractivity contribution in [3.8, 4) is 0 Å². The molecule has 6 nitrogen and oxygen atoms in total. The predicted molar refractivity (Wildman–Crippen MR) is 67.0 cm³/mol. The maximum Gasteiger partial charge on any atom is 0.331 e. The fourth-order valence-corrected chi connectivity index (χ4v) is 2.30. The summed E-state index contributed by atoms with van der Waals surface area (Å²) in [6.45, 7) is 4.80. The van der Waals surface area contributed by atoms with Crippen molar-refractivity contribution in [2.75, 3.05) is 13.7 Å².